The van der Waals surface area contributed by atoms with E-state index in [2.05, 4.69) is 25.4 Å². The Morgan fingerprint density at radius 3 is 1.97 bits per heavy atom. The number of hydrogen-bond acceptors (Lipinski definition) is 14. The summed E-state index contributed by atoms with van der Waals surface area (Å²) in [6.07, 6.45) is 0.596. The number of likely N-dealkylation sites (N-methyl/N-ethyl adjacent to an activating group) is 2. The minimum atomic E-state index is -1.03. The van der Waals surface area contributed by atoms with Crippen molar-refractivity contribution in [2.24, 2.45) is 7.05 Å². The summed E-state index contributed by atoms with van der Waals surface area (Å²) in [6, 6.07) is 14.5. The summed E-state index contributed by atoms with van der Waals surface area (Å²) < 4.78 is 1.75. The van der Waals surface area contributed by atoms with Gasteiger partial charge in [-0.3, -0.25) is 29.0 Å². The molecule has 2 aliphatic rings. The number of rotatable bonds is 10. The number of carbonyl (C=O) groups excluding carboxylic acids is 6. The van der Waals surface area contributed by atoms with Gasteiger partial charge in [0.25, 0.3) is 0 Å². The molecule has 3 aromatic rings. The van der Waals surface area contributed by atoms with Crippen molar-refractivity contribution in [2.75, 3.05) is 84.4 Å². The SMILES string of the molecule is CN1CCN(C)CCN(C(CCC(=O)NCCC(=O)N2Cc3ccccc3-c3c(nnn3C)-c3ccccc32)C(=O)O)CCN(CC(=O)O)CC1.O=C=O.O=C=O.[111InH3]. The fourth-order valence-electron chi connectivity index (χ4n) is 6.71. The van der Waals surface area contributed by atoms with Crippen LogP contribution in [-0.2, 0) is 51.9 Å². The number of para-hydroxylation sites is 1. The fraction of sp³-hybridized carbons (Fsp3) is 0.474. The Bertz CT molecular complexity index is 1890. The summed E-state index contributed by atoms with van der Waals surface area (Å²) in [4.78, 5) is 93.1. The number of hydrogen-bond donors (Lipinski definition) is 3. The molecule has 58 heavy (non-hydrogen) atoms. The van der Waals surface area contributed by atoms with E-state index in [9.17, 15) is 29.4 Å². The molecule has 5 rings (SSSR count). The van der Waals surface area contributed by atoms with Crippen molar-refractivity contribution in [3.63, 3.8) is 0 Å². The first-order chi connectivity index (χ1) is 27.3. The quantitative estimate of drug-likeness (QED) is 0.220. The van der Waals surface area contributed by atoms with Crippen molar-refractivity contribution < 1.29 is 48.6 Å². The maximum atomic E-state index is 13.8. The van der Waals surface area contributed by atoms with Gasteiger partial charge in [0.1, 0.15) is 11.7 Å². The second-order valence-corrected chi connectivity index (χ2v) is 13.5. The van der Waals surface area contributed by atoms with Gasteiger partial charge in [-0.25, -0.2) is 4.68 Å². The van der Waals surface area contributed by atoms with Crippen LogP contribution in [0, 0.1) is 0 Å². The number of fused-ring (bicyclic) bond motifs is 5. The van der Waals surface area contributed by atoms with E-state index in [-0.39, 0.29) is 82.3 Å². The molecule has 3 heterocycles. The van der Waals surface area contributed by atoms with E-state index in [1.54, 1.807) is 9.58 Å². The molecule has 20 heteroatoms. The molecular formula is C38H52InN9O10. The van der Waals surface area contributed by atoms with E-state index in [1.165, 1.54) is 0 Å². The normalized spacial score (nSPS) is 15.6. The Labute approximate surface area is 354 Å². The molecular weight excluding hydrogens is 853 g/mol. The van der Waals surface area contributed by atoms with Crippen LogP contribution in [0.15, 0.2) is 48.5 Å². The Balaban J connectivity index is 0.00000156. The van der Waals surface area contributed by atoms with Crippen LogP contribution < -0.4 is 10.2 Å². The molecule has 0 radical (unpaired) electrons. The van der Waals surface area contributed by atoms with Gasteiger partial charge in [-0.15, -0.1) is 5.10 Å². The summed E-state index contributed by atoms with van der Waals surface area (Å²) in [6.45, 7) is 4.99. The molecule has 0 spiro atoms. The predicted octanol–water partition coefficient (Wildman–Crippen LogP) is -1.05. The van der Waals surface area contributed by atoms with Gasteiger partial charge in [-0.1, -0.05) is 47.7 Å². The standard InChI is InChI=1S/C36H49N9O6.2CO2.In.3H/c1-40-16-17-41(2)19-22-44(23-21-43(20-18-40)25-33(48)49)30(36(50)51)12-13-31(46)37-15-14-32(47)45-24-26-8-4-5-9-27(26)35-34(38-39-42(35)3)28-10-6-7-11-29(28)45;2*2-1-3;;;;/h4-11,30H,12-25H2,1-3H3,(H,37,46)(H,48,49)(H,50,51);;;;;;/i;;;1-4;;;. The number of carbonyl (C=O) groups is 4. The Kier molecular flexibility index (Phi) is 21.4. The number of carboxylic acid groups (broad SMARTS) is 2. The Hall–Kier alpha value is -5.07. The second kappa shape index (κ2) is 25.3. The first-order valence-electron chi connectivity index (χ1n) is 18.3. The summed E-state index contributed by atoms with van der Waals surface area (Å²) in [5.41, 5.74) is 4.95. The van der Waals surface area contributed by atoms with E-state index in [0.717, 1.165) is 35.5 Å². The molecule has 312 valence electrons. The van der Waals surface area contributed by atoms with E-state index in [1.807, 2.05) is 79.5 Å². The summed E-state index contributed by atoms with van der Waals surface area (Å²) >= 11 is 0. The molecule has 2 amide bonds. The number of nitrogens with zero attached hydrogens (tertiary/aromatic N) is 8. The predicted molar refractivity (Wildman–Crippen MR) is 212 cm³/mol. The second-order valence-electron chi connectivity index (χ2n) is 13.5. The van der Waals surface area contributed by atoms with Crippen LogP contribution in [-0.4, -0.2) is 192 Å². The first-order valence-corrected chi connectivity index (χ1v) is 18.3. The molecule has 1 aromatic heterocycles. The molecule has 0 saturated carbocycles. The van der Waals surface area contributed by atoms with Gasteiger partial charge in [-0.05, 0) is 32.1 Å². The molecule has 2 aromatic carbocycles. The molecule has 19 nitrogen and oxygen atoms in total. The van der Waals surface area contributed by atoms with Crippen LogP contribution in [0.4, 0.5) is 5.69 Å². The zero-order valence-corrected chi connectivity index (χ0v) is 32.3. The summed E-state index contributed by atoms with van der Waals surface area (Å²) in [5, 5.41) is 31.2. The topological polar surface area (TPSA) is 236 Å². The van der Waals surface area contributed by atoms with Gasteiger partial charge >= 0.3 is 50.1 Å². The van der Waals surface area contributed by atoms with Gasteiger partial charge < -0.3 is 30.2 Å². The van der Waals surface area contributed by atoms with E-state index in [0.29, 0.717) is 57.2 Å². The summed E-state index contributed by atoms with van der Waals surface area (Å²) in [7, 11) is 5.86. The zero-order chi connectivity index (χ0) is 41.9. The molecule has 1 saturated heterocycles. The molecule has 0 aliphatic carbocycles. The van der Waals surface area contributed by atoms with Crippen molar-refractivity contribution in [1.82, 2.24) is 39.9 Å². The van der Waals surface area contributed by atoms with Gasteiger partial charge in [0.05, 0.1) is 24.5 Å². The molecule has 0 bridgehead atoms. The summed E-state index contributed by atoms with van der Waals surface area (Å²) in [5.74, 6) is -2.46. The van der Waals surface area contributed by atoms with Crippen LogP contribution in [0.1, 0.15) is 24.8 Å². The molecule has 1 fully saturated rings. The molecule has 1 atom stereocenters. The minimum absolute atomic E-state index is 0. The van der Waals surface area contributed by atoms with Crippen LogP contribution in [0.3, 0.4) is 0 Å². The van der Waals surface area contributed by atoms with E-state index >= 15 is 0 Å². The van der Waals surface area contributed by atoms with Crippen molar-refractivity contribution in [3.05, 3.63) is 54.1 Å². The van der Waals surface area contributed by atoms with Crippen LogP contribution in [0.5, 0.6) is 0 Å². The first kappa shape index (κ1) is 49.1. The molecule has 3 N–H and O–H groups in total. The third kappa shape index (κ3) is 14.7. The van der Waals surface area contributed by atoms with Gasteiger partial charge in [-0.2, -0.15) is 19.2 Å². The van der Waals surface area contributed by atoms with Gasteiger partial charge in [0.2, 0.25) is 11.8 Å². The van der Waals surface area contributed by atoms with Crippen molar-refractivity contribution >= 4 is 67.6 Å². The Morgan fingerprint density at radius 1 is 0.776 bits per heavy atom. The third-order valence-corrected chi connectivity index (χ3v) is 9.70. The number of benzene rings is 2. The van der Waals surface area contributed by atoms with Crippen LogP contribution >= 0.6 is 0 Å². The molecule has 2 aliphatic heterocycles. The number of aromatic nitrogens is 3. The number of aliphatic carboxylic acids is 2. The third-order valence-electron chi connectivity index (χ3n) is 9.70. The van der Waals surface area contributed by atoms with E-state index in [4.69, 9.17) is 19.2 Å². The number of carboxylic acids is 2. The number of anilines is 1. The Morgan fingerprint density at radius 2 is 1.33 bits per heavy atom. The average Bonchev–Trinajstić information content (AvgIpc) is 3.55. The van der Waals surface area contributed by atoms with Crippen molar-refractivity contribution in [2.45, 2.75) is 31.8 Å². The average molecular weight is 906 g/mol. The van der Waals surface area contributed by atoms with Crippen molar-refractivity contribution in [3.8, 4) is 22.5 Å². The zero-order valence-electron chi connectivity index (χ0n) is 32.3. The van der Waals surface area contributed by atoms with E-state index < -0.39 is 18.0 Å². The van der Waals surface area contributed by atoms with Crippen LogP contribution in [0.2, 0.25) is 0 Å². The van der Waals surface area contributed by atoms with Gasteiger partial charge in [0, 0.05) is 89.9 Å². The van der Waals surface area contributed by atoms with Gasteiger partial charge in [0.15, 0.2) is 0 Å². The molecule has 1 unspecified atom stereocenters. The fourth-order valence-corrected chi connectivity index (χ4v) is 6.71. The number of nitrogens with one attached hydrogen (secondary N) is 1. The maximum absolute atomic E-state index is 13.8. The van der Waals surface area contributed by atoms with Crippen molar-refractivity contribution in [1.29, 1.82) is 0 Å². The number of amides is 2. The number of aryl methyl sites for hydroxylation is 1. The monoisotopic (exact) mass is 905 g/mol. The van der Waals surface area contributed by atoms with Crippen LogP contribution in [0.25, 0.3) is 22.5 Å².